The summed E-state index contributed by atoms with van der Waals surface area (Å²) in [4.78, 5) is 16.7. The van der Waals surface area contributed by atoms with E-state index in [-0.39, 0.29) is 6.10 Å². The molecule has 1 amide bonds. The van der Waals surface area contributed by atoms with Crippen molar-refractivity contribution in [1.29, 1.82) is 0 Å². The number of morpholine rings is 1. The van der Waals surface area contributed by atoms with E-state index in [0.717, 1.165) is 32.7 Å². The topological polar surface area (TPSA) is 32.8 Å². The molecule has 2 rings (SSSR count). The van der Waals surface area contributed by atoms with Crippen molar-refractivity contribution in [3.63, 3.8) is 0 Å². The number of ether oxygens (including phenoxy) is 1. The molecule has 0 aromatic rings. The molecule has 2 heterocycles. The molecule has 0 spiro atoms. The predicted molar refractivity (Wildman–Crippen MR) is 71.5 cm³/mol. The van der Waals surface area contributed by atoms with Gasteiger partial charge < -0.3 is 9.64 Å². The second-order valence-corrected chi connectivity index (χ2v) is 5.56. The molecule has 2 atom stereocenters. The minimum Gasteiger partial charge on any atom is -0.376 e. The molecule has 2 aliphatic heterocycles. The van der Waals surface area contributed by atoms with Gasteiger partial charge in [-0.05, 0) is 32.6 Å². The minimum atomic E-state index is 0.259. The van der Waals surface area contributed by atoms with Crippen LogP contribution in [0, 0.1) is 0 Å². The molecule has 2 unspecified atom stereocenters. The summed E-state index contributed by atoms with van der Waals surface area (Å²) < 4.78 is 5.51. The first-order valence-electron chi connectivity index (χ1n) is 7.34. The lowest BCUT2D eigenvalue weighted by Gasteiger charge is -2.38. The van der Waals surface area contributed by atoms with Crippen molar-refractivity contribution in [2.75, 3.05) is 32.8 Å². The number of carbonyl (C=O) groups is 1. The number of carbonyl (C=O) groups excluding carboxylic acids is 1. The Morgan fingerprint density at radius 1 is 1.33 bits per heavy atom. The molecule has 0 aliphatic carbocycles. The van der Waals surface area contributed by atoms with Gasteiger partial charge in [-0.25, -0.2) is 0 Å². The van der Waals surface area contributed by atoms with Gasteiger partial charge in [-0.2, -0.15) is 0 Å². The third-order valence-electron chi connectivity index (χ3n) is 4.10. The van der Waals surface area contributed by atoms with Gasteiger partial charge in [-0.1, -0.05) is 6.92 Å². The summed E-state index contributed by atoms with van der Waals surface area (Å²) in [6.07, 6.45) is 4.97. The molecule has 0 N–H and O–H groups in total. The molecule has 2 aliphatic rings. The number of nitrogens with zero attached hydrogens (tertiary/aromatic N) is 2. The van der Waals surface area contributed by atoms with Gasteiger partial charge in [0.25, 0.3) is 0 Å². The van der Waals surface area contributed by atoms with Crippen molar-refractivity contribution in [1.82, 2.24) is 9.80 Å². The van der Waals surface area contributed by atoms with Crippen LogP contribution in [0.5, 0.6) is 0 Å². The van der Waals surface area contributed by atoms with Crippen molar-refractivity contribution in [3.05, 3.63) is 0 Å². The highest BCUT2D eigenvalue weighted by Gasteiger charge is 2.27. The predicted octanol–water partition coefficient (Wildman–Crippen LogP) is 1.50. The van der Waals surface area contributed by atoms with Crippen LogP contribution >= 0.6 is 0 Å². The Kier molecular flexibility index (Phi) is 5.01. The van der Waals surface area contributed by atoms with Crippen molar-refractivity contribution in [2.45, 2.75) is 51.7 Å². The second-order valence-electron chi connectivity index (χ2n) is 5.56. The Bertz CT molecular complexity index is 283. The van der Waals surface area contributed by atoms with E-state index >= 15 is 0 Å². The van der Waals surface area contributed by atoms with E-state index in [2.05, 4.69) is 23.6 Å². The van der Waals surface area contributed by atoms with Crippen LogP contribution in [0.3, 0.4) is 0 Å². The molecule has 0 aromatic heterocycles. The van der Waals surface area contributed by atoms with Crippen LogP contribution in [-0.2, 0) is 9.53 Å². The average Bonchev–Trinajstić information content (AvgIpc) is 2.38. The first-order chi connectivity index (χ1) is 8.70. The first-order valence-corrected chi connectivity index (χ1v) is 7.34. The van der Waals surface area contributed by atoms with Crippen molar-refractivity contribution in [2.24, 2.45) is 0 Å². The molecular weight excluding hydrogens is 228 g/mol. The van der Waals surface area contributed by atoms with Gasteiger partial charge in [-0.15, -0.1) is 0 Å². The third-order valence-corrected chi connectivity index (χ3v) is 4.10. The number of likely N-dealkylation sites (tertiary alicyclic amines) is 1. The number of piperidine rings is 1. The first kappa shape index (κ1) is 13.8. The zero-order valence-corrected chi connectivity index (χ0v) is 11.7. The maximum atomic E-state index is 12.4. The molecule has 18 heavy (non-hydrogen) atoms. The van der Waals surface area contributed by atoms with E-state index in [9.17, 15) is 4.79 Å². The zero-order chi connectivity index (χ0) is 13.0. The highest BCUT2D eigenvalue weighted by molar-refractivity contribution is 5.78. The summed E-state index contributed by atoms with van der Waals surface area (Å²) in [6.45, 7) is 8.32. The van der Waals surface area contributed by atoms with Gasteiger partial charge in [0.15, 0.2) is 0 Å². The lowest BCUT2D eigenvalue weighted by Crippen LogP contribution is -2.50. The minimum absolute atomic E-state index is 0.259. The normalized spacial score (nSPS) is 30.4. The molecule has 2 fully saturated rings. The average molecular weight is 254 g/mol. The fraction of sp³-hybridized carbons (Fsp3) is 0.929. The summed E-state index contributed by atoms with van der Waals surface area (Å²) in [6, 6.07) is 0.477. The van der Waals surface area contributed by atoms with Gasteiger partial charge in [0.2, 0.25) is 5.91 Å². The van der Waals surface area contributed by atoms with Crippen LogP contribution in [0.15, 0.2) is 0 Å². The van der Waals surface area contributed by atoms with E-state index in [4.69, 9.17) is 4.74 Å². The fourth-order valence-electron chi connectivity index (χ4n) is 3.07. The van der Waals surface area contributed by atoms with Crippen molar-refractivity contribution >= 4 is 5.91 Å². The summed E-state index contributed by atoms with van der Waals surface area (Å²) in [5.41, 5.74) is 0. The quantitative estimate of drug-likeness (QED) is 0.765. The lowest BCUT2D eigenvalue weighted by atomic mass is 10.00. The van der Waals surface area contributed by atoms with Gasteiger partial charge in [0.1, 0.15) is 0 Å². The monoisotopic (exact) mass is 254 g/mol. The van der Waals surface area contributed by atoms with E-state index < -0.39 is 0 Å². The molecule has 0 radical (unpaired) electrons. The Labute approximate surface area is 110 Å². The maximum Gasteiger partial charge on any atom is 0.236 e. The van der Waals surface area contributed by atoms with Crippen molar-refractivity contribution < 1.29 is 9.53 Å². The van der Waals surface area contributed by atoms with Gasteiger partial charge in [0.05, 0.1) is 19.3 Å². The molecular formula is C14H26N2O2. The van der Waals surface area contributed by atoms with Gasteiger partial charge in [0, 0.05) is 25.7 Å². The molecule has 104 valence electrons. The zero-order valence-electron chi connectivity index (χ0n) is 11.7. The summed E-state index contributed by atoms with van der Waals surface area (Å²) in [5.74, 6) is 0.315. The van der Waals surface area contributed by atoms with E-state index in [1.165, 1.54) is 19.3 Å². The smallest absolute Gasteiger partial charge is 0.236 e. The fourth-order valence-corrected chi connectivity index (χ4v) is 3.07. The van der Waals surface area contributed by atoms with Crippen LogP contribution in [0.4, 0.5) is 0 Å². The third kappa shape index (κ3) is 3.45. The summed E-state index contributed by atoms with van der Waals surface area (Å²) >= 11 is 0. The Morgan fingerprint density at radius 2 is 2.17 bits per heavy atom. The Balaban J connectivity index is 1.85. The van der Waals surface area contributed by atoms with Gasteiger partial charge >= 0.3 is 0 Å². The Morgan fingerprint density at radius 3 is 2.89 bits per heavy atom. The maximum absolute atomic E-state index is 12.4. The van der Waals surface area contributed by atoms with E-state index in [0.29, 0.717) is 18.5 Å². The Hall–Kier alpha value is -0.610. The lowest BCUT2D eigenvalue weighted by molar-refractivity contribution is -0.137. The molecule has 4 nitrogen and oxygen atoms in total. The number of hydrogen-bond donors (Lipinski definition) is 0. The van der Waals surface area contributed by atoms with Crippen LogP contribution in [0.1, 0.15) is 39.5 Å². The largest absolute Gasteiger partial charge is 0.376 e. The van der Waals surface area contributed by atoms with Crippen LogP contribution in [0.2, 0.25) is 0 Å². The SMILES string of the molecule is CCC1CCCCN1C(=O)CN1CCOC(C)C1. The highest BCUT2D eigenvalue weighted by atomic mass is 16.5. The highest BCUT2D eigenvalue weighted by Crippen LogP contribution is 2.20. The van der Waals surface area contributed by atoms with Crippen LogP contribution < -0.4 is 0 Å². The van der Waals surface area contributed by atoms with E-state index in [1.807, 2.05) is 0 Å². The standard InChI is InChI=1S/C14H26N2O2/c1-3-13-6-4-5-7-16(13)14(17)11-15-8-9-18-12(2)10-15/h12-13H,3-11H2,1-2H3. The number of hydrogen-bond acceptors (Lipinski definition) is 3. The molecule has 4 heteroatoms. The molecule has 2 saturated heterocycles. The van der Waals surface area contributed by atoms with Gasteiger partial charge in [-0.3, -0.25) is 9.69 Å². The summed E-state index contributed by atoms with van der Waals surface area (Å²) in [7, 11) is 0. The molecule has 0 saturated carbocycles. The number of amides is 1. The second kappa shape index (κ2) is 6.53. The van der Waals surface area contributed by atoms with E-state index in [1.54, 1.807) is 0 Å². The molecule has 0 bridgehead atoms. The van der Waals surface area contributed by atoms with Crippen LogP contribution in [-0.4, -0.2) is 60.6 Å². The number of rotatable bonds is 3. The van der Waals surface area contributed by atoms with Crippen LogP contribution in [0.25, 0.3) is 0 Å². The molecule has 0 aromatic carbocycles. The van der Waals surface area contributed by atoms with Crippen molar-refractivity contribution in [3.8, 4) is 0 Å². The summed E-state index contributed by atoms with van der Waals surface area (Å²) in [5, 5.41) is 0.